The number of hydrogen-bond acceptors (Lipinski definition) is 2. The Hall–Kier alpha value is -5.54. The smallest absolute Gasteiger partial charge is 0.0440 e. The molecule has 0 aliphatic rings. The lowest BCUT2D eigenvalue weighted by molar-refractivity contribution is 1.67. The minimum Gasteiger partial charge on any atom is -0.135 e. The van der Waals surface area contributed by atoms with Gasteiger partial charge in [-0.3, -0.25) is 0 Å². The lowest BCUT2D eigenvalue weighted by Gasteiger charge is -2.16. The first-order valence-corrected chi connectivity index (χ1v) is 18.1. The molecule has 0 spiro atoms. The third-order valence-electron chi connectivity index (χ3n) is 10.2. The van der Waals surface area contributed by atoms with Crippen LogP contribution in [0.1, 0.15) is 0 Å². The van der Waals surface area contributed by atoms with Crippen LogP contribution >= 0.6 is 22.7 Å². The van der Waals surface area contributed by atoms with Crippen LogP contribution in [-0.2, 0) is 0 Å². The fourth-order valence-corrected chi connectivity index (χ4v) is 10.6. The van der Waals surface area contributed by atoms with Gasteiger partial charge in [0.15, 0.2) is 0 Å². The topological polar surface area (TPSA) is 0 Å². The Labute approximate surface area is 284 Å². The van der Waals surface area contributed by atoms with Crippen molar-refractivity contribution in [3.8, 4) is 22.3 Å². The Morgan fingerprint density at radius 3 is 1.15 bits per heavy atom. The molecule has 0 saturated heterocycles. The number of fused-ring (bicyclic) bond motifs is 14. The summed E-state index contributed by atoms with van der Waals surface area (Å²) in [5.41, 5.74) is 5.07. The van der Waals surface area contributed by atoms with Gasteiger partial charge < -0.3 is 0 Å². The zero-order valence-electron chi connectivity index (χ0n) is 25.8. The Kier molecular flexibility index (Phi) is 5.51. The molecule has 0 nitrogen and oxygen atoms in total. The van der Waals surface area contributed by atoms with E-state index in [-0.39, 0.29) is 0 Å². The second-order valence-corrected chi connectivity index (χ2v) is 14.9. The van der Waals surface area contributed by atoms with Crippen molar-refractivity contribution in [2.45, 2.75) is 0 Å². The monoisotopic (exact) mass is 642 g/mol. The van der Waals surface area contributed by atoms with Gasteiger partial charge in [0, 0.05) is 51.1 Å². The van der Waals surface area contributed by atoms with Gasteiger partial charge in [-0.1, -0.05) is 121 Å². The minimum absolute atomic E-state index is 1.25. The Balaban J connectivity index is 1.37. The summed E-state index contributed by atoms with van der Waals surface area (Å²) in [6, 6.07) is 58.8. The first-order valence-electron chi connectivity index (χ1n) is 16.4. The van der Waals surface area contributed by atoms with E-state index in [9.17, 15) is 0 Å². The maximum absolute atomic E-state index is 2.49. The molecule has 0 fully saturated rings. The van der Waals surface area contributed by atoms with E-state index in [1.165, 1.54) is 106 Å². The molecular formula is C46H26S2. The molecule has 0 amide bonds. The van der Waals surface area contributed by atoms with Crippen LogP contribution in [0.4, 0.5) is 0 Å². The Morgan fingerprint density at radius 2 is 0.688 bits per heavy atom. The molecule has 0 saturated carbocycles. The molecule has 11 aromatic rings. The molecule has 222 valence electrons. The molecular weight excluding hydrogens is 617 g/mol. The summed E-state index contributed by atoms with van der Waals surface area (Å²) in [6.07, 6.45) is 0. The lowest BCUT2D eigenvalue weighted by atomic mass is 9.88. The SMILES string of the molecule is c1ccc(-c2cc3cc4c(cc(-c5ccccc5)c5ccc6c7ccccc7sc6c54)cc3c3c2ccc2c4ccccc4sc23)cc1. The van der Waals surface area contributed by atoms with Crippen molar-refractivity contribution < 1.29 is 0 Å². The van der Waals surface area contributed by atoms with Crippen LogP contribution in [0.5, 0.6) is 0 Å². The predicted octanol–water partition coefficient (Wildman–Crippen LogP) is 14.4. The maximum Gasteiger partial charge on any atom is 0.0440 e. The second kappa shape index (κ2) is 9.98. The fraction of sp³-hybridized carbons (Fsp3) is 0. The van der Waals surface area contributed by atoms with Crippen molar-refractivity contribution in [1.82, 2.24) is 0 Å². The number of benzene rings is 9. The van der Waals surface area contributed by atoms with E-state index in [4.69, 9.17) is 0 Å². The molecule has 0 radical (unpaired) electrons. The quantitative estimate of drug-likeness (QED) is 0.130. The van der Waals surface area contributed by atoms with Crippen LogP contribution in [0.2, 0.25) is 0 Å². The number of thiophene rings is 2. The average molecular weight is 643 g/mol. The van der Waals surface area contributed by atoms with E-state index in [2.05, 4.69) is 158 Å². The molecule has 2 heteroatoms. The summed E-state index contributed by atoms with van der Waals surface area (Å²) in [7, 11) is 0. The van der Waals surface area contributed by atoms with E-state index >= 15 is 0 Å². The van der Waals surface area contributed by atoms with Crippen molar-refractivity contribution in [1.29, 1.82) is 0 Å². The molecule has 2 aromatic heterocycles. The summed E-state index contributed by atoms with van der Waals surface area (Å²) < 4.78 is 5.41. The van der Waals surface area contributed by atoms with Crippen molar-refractivity contribution in [3.05, 3.63) is 158 Å². The van der Waals surface area contributed by atoms with Crippen molar-refractivity contribution >= 4 is 106 Å². The van der Waals surface area contributed by atoms with Gasteiger partial charge in [0.25, 0.3) is 0 Å². The lowest BCUT2D eigenvalue weighted by Crippen LogP contribution is -1.89. The molecule has 0 unspecified atom stereocenters. The van der Waals surface area contributed by atoms with Crippen LogP contribution in [0.15, 0.2) is 158 Å². The first kappa shape index (κ1) is 26.5. The Bertz CT molecular complexity index is 2880. The normalized spacial score (nSPS) is 12.2. The van der Waals surface area contributed by atoms with Gasteiger partial charge >= 0.3 is 0 Å². The van der Waals surface area contributed by atoms with Crippen LogP contribution in [0.3, 0.4) is 0 Å². The molecule has 11 rings (SSSR count). The van der Waals surface area contributed by atoms with Crippen molar-refractivity contribution in [2.75, 3.05) is 0 Å². The third-order valence-corrected chi connectivity index (χ3v) is 12.6. The molecule has 0 N–H and O–H groups in total. The van der Waals surface area contributed by atoms with E-state index in [0.29, 0.717) is 0 Å². The highest BCUT2D eigenvalue weighted by Gasteiger charge is 2.19. The largest absolute Gasteiger partial charge is 0.135 e. The molecule has 2 heterocycles. The number of hydrogen-bond donors (Lipinski definition) is 0. The molecule has 0 bridgehead atoms. The van der Waals surface area contributed by atoms with Gasteiger partial charge in [-0.25, -0.2) is 0 Å². The first-order chi connectivity index (χ1) is 23.8. The van der Waals surface area contributed by atoms with Gasteiger partial charge in [0.2, 0.25) is 0 Å². The van der Waals surface area contributed by atoms with Gasteiger partial charge in [-0.2, -0.15) is 0 Å². The summed E-state index contributed by atoms with van der Waals surface area (Å²) in [5, 5.41) is 15.9. The second-order valence-electron chi connectivity index (χ2n) is 12.8. The maximum atomic E-state index is 2.49. The minimum atomic E-state index is 1.25. The molecule has 9 aromatic carbocycles. The standard InChI is InChI=1S/C46H26S2/c1-3-11-27(12-4-1)37-23-29-25-40-30(26-39(29)43-33(37)19-21-35-31-15-7-9-17-41(31)47-45(35)43)24-38(28-13-5-2-6-14-28)34-20-22-36-32-16-8-10-18-42(32)48-46(36)44(34)40/h1-26H. The van der Waals surface area contributed by atoms with E-state index in [1.54, 1.807) is 0 Å². The predicted molar refractivity (Wildman–Crippen MR) is 213 cm³/mol. The van der Waals surface area contributed by atoms with Gasteiger partial charge in [0.1, 0.15) is 0 Å². The van der Waals surface area contributed by atoms with Crippen LogP contribution in [-0.4, -0.2) is 0 Å². The molecule has 48 heavy (non-hydrogen) atoms. The number of rotatable bonds is 2. The molecule has 0 atom stereocenters. The van der Waals surface area contributed by atoms with E-state index in [0.717, 1.165) is 0 Å². The summed E-state index contributed by atoms with van der Waals surface area (Å²) >= 11 is 3.85. The van der Waals surface area contributed by atoms with E-state index in [1.807, 2.05) is 22.7 Å². The average Bonchev–Trinajstić information content (AvgIpc) is 3.72. The van der Waals surface area contributed by atoms with Crippen LogP contribution < -0.4 is 0 Å². The summed E-state index contributed by atoms with van der Waals surface area (Å²) in [4.78, 5) is 0. The highest BCUT2D eigenvalue weighted by Crippen LogP contribution is 2.48. The summed E-state index contributed by atoms with van der Waals surface area (Å²) in [5.74, 6) is 0. The summed E-state index contributed by atoms with van der Waals surface area (Å²) in [6.45, 7) is 0. The van der Waals surface area contributed by atoms with Crippen molar-refractivity contribution in [3.63, 3.8) is 0 Å². The van der Waals surface area contributed by atoms with Crippen LogP contribution in [0.25, 0.3) is 106 Å². The molecule has 0 aliphatic carbocycles. The van der Waals surface area contributed by atoms with Gasteiger partial charge in [0.05, 0.1) is 0 Å². The highest BCUT2D eigenvalue weighted by molar-refractivity contribution is 7.27. The zero-order chi connectivity index (χ0) is 31.3. The third kappa shape index (κ3) is 3.70. The Morgan fingerprint density at radius 1 is 0.292 bits per heavy atom. The van der Waals surface area contributed by atoms with Gasteiger partial charge in [-0.05, 0) is 91.0 Å². The van der Waals surface area contributed by atoms with E-state index < -0.39 is 0 Å². The molecule has 0 aliphatic heterocycles. The zero-order valence-corrected chi connectivity index (χ0v) is 27.5. The van der Waals surface area contributed by atoms with Crippen LogP contribution in [0, 0.1) is 0 Å². The fourth-order valence-electron chi connectivity index (χ4n) is 8.05. The van der Waals surface area contributed by atoms with Gasteiger partial charge in [-0.15, -0.1) is 22.7 Å². The van der Waals surface area contributed by atoms with Crippen molar-refractivity contribution in [2.24, 2.45) is 0 Å². The highest BCUT2D eigenvalue weighted by atomic mass is 32.1.